The molecule has 2 heterocycles. The number of hydrogen-bond donors (Lipinski definition) is 0. The Balaban J connectivity index is 2.23. The van der Waals surface area contributed by atoms with E-state index in [0.29, 0.717) is 0 Å². The topological polar surface area (TPSA) is 52.7 Å². The summed E-state index contributed by atoms with van der Waals surface area (Å²) in [6.45, 7) is 2.03. The molecule has 2 aromatic heterocycles. The van der Waals surface area contributed by atoms with Crippen LogP contribution in [0.5, 0.6) is 0 Å². The molecule has 100 valence electrons. The lowest BCUT2D eigenvalue weighted by atomic mass is 10.1. The van der Waals surface area contributed by atoms with Crippen LogP contribution in [0, 0.1) is 6.92 Å². The predicted molar refractivity (Wildman–Crippen MR) is 76.8 cm³/mol. The molecule has 0 amide bonds. The van der Waals surface area contributed by atoms with Gasteiger partial charge in [0.15, 0.2) is 0 Å². The molecule has 0 radical (unpaired) electrons. The van der Waals surface area contributed by atoms with Gasteiger partial charge in [0.2, 0.25) is 0 Å². The van der Waals surface area contributed by atoms with Crippen molar-refractivity contribution in [2.75, 3.05) is 0 Å². The van der Waals surface area contributed by atoms with Crippen LogP contribution >= 0.6 is 0 Å². The number of rotatable bonds is 2. The van der Waals surface area contributed by atoms with Crippen LogP contribution in [0.25, 0.3) is 16.9 Å². The van der Waals surface area contributed by atoms with Crippen molar-refractivity contribution >= 4 is 0 Å². The van der Waals surface area contributed by atoms with Crippen molar-refractivity contribution in [3.8, 4) is 16.9 Å². The summed E-state index contributed by atoms with van der Waals surface area (Å²) >= 11 is 0. The Hall–Kier alpha value is -2.69. The van der Waals surface area contributed by atoms with Gasteiger partial charge in [-0.1, -0.05) is 12.1 Å². The number of aryl methyl sites for hydroxylation is 2. The zero-order chi connectivity index (χ0) is 14.1. The molecular formula is C15H14N4O. The van der Waals surface area contributed by atoms with E-state index in [4.69, 9.17) is 0 Å². The van der Waals surface area contributed by atoms with E-state index in [-0.39, 0.29) is 5.56 Å². The van der Waals surface area contributed by atoms with E-state index in [1.165, 1.54) is 10.7 Å². The van der Waals surface area contributed by atoms with E-state index < -0.39 is 0 Å². The molecule has 0 aliphatic rings. The Morgan fingerprint density at radius 2 is 2.00 bits per heavy atom. The van der Waals surface area contributed by atoms with E-state index in [0.717, 1.165) is 22.5 Å². The summed E-state index contributed by atoms with van der Waals surface area (Å²) in [6, 6.07) is 11.2. The molecule has 5 heteroatoms. The van der Waals surface area contributed by atoms with Crippen LogP contribution in [0.3, 0.4) is 0 Å². The maximum Gasteiger partial charge on any atom is 0.266 e. The Labute approximate surface area is 116 Å². The normalized spacial score (nSPS) is 10.7. The zero-order valence-corrected chi connectivity index (χ0v) is 11.3. The third-order valence-corrected chi connectivity index (χ3v) is 3.14. The molecule has 3 aromatic rings. The molecule has 0 fully saturated rings. The second kappa shape index (κ2) is 4.77. The minimum atomic E-state index is -0.124. The SMILES string of the molecule is Cc1ccc(-c2ccc(=O)n(C)n2)c(-n2cccn2)c1. The predicted octanol–water partition coefficient (Wildman–Crippen LogP) is 1.94. The highest BCUT2D eigenvalue weighted by molar-refractivity contribution is 5.70. The van der Waals surface area contributed by atoms with Crippen molar-refractivity contribution < 1.29 is 0 Å². The molecule has 3 rings (SSSR count). The summed E-state index contributed by atoms with van der Waals surface area (Å²) in [6.07, 6.45) is 3.63. The summed E-state index contributed by atoms with van der Waals surface area (Å²) in [7, 11) is 1.65. The Morgan fingerprint density at radius 3 is 2.70 bits per heavy atom. The number of benzene rings is 1. The molecule has 5 nitrogen and oxygen atoms in total. The first-order valence-electron chi connectivity index (χ1n) is 6.30. The fourth-order valence-corrected chi connectivity index (χ4v) is 2.11. The molecule has 0 bridgehead atoms. The van der Waals surface area contributed by atoms with E-state index in [1.807, 2.05) is 31.3 Å². The maximum absolute atomic E-state index is 11.5. The summed E-state index contributed by atoms with van der Waals surface area (Å²) < 4.78 is 3.14. The molecule has 20 heavy (non-hydrogen) atoms. The smallest absolute Gasteiger partial charge is 0.266 e. The van der Waals surface area contributed by atoms with E-state index >= 15 is 0 Å². The van der Waals surface area contributed by atoms with Crippen LogP contribution < -0.4 is 5.56 Å². The molecule has 0 atom stereocenters. The molecule has 0 aliphatic carbocycles. The van der Waals surface area contributed by atoms with Crippen LogP contribution in [-0.2, 0) is 7.05 Å². The minimum Gasteiger partial charge on any atom is -0.268 e. The van der Waals surface area contributed by atoms with Gasteiger partial charge in [-0.3, -0.25) is 4.79 Å². The Morgan fingerprint density at radius 1 is 1.15 bits per heavy atom. The van der Waals surface area contributed by atoms with Gasteiger partial charge in [0.25, 0.3) is 5.56 Å². The standard InChI is InChI=1S/C15H14N4O/c1-11-4-5-12(13-6-7-15(20)18(2)17-13)14(10-11)19-9-3-8-16-19/h3-10H,1-2H3. The van der Waals surface area contributed by atoms with Gasteiger partial charge in [0.05, 0.1) is 11.4 Å². The summed E-state index contributed by atoms with van der Waals surface area (Å²) in [5.41, 5.74) is 3.65. The Bertz CT molecular complexity index is 803. The minimum absolute atomic E-state index is 0.124. The average molecular weight is 266 g/mol. The third kappa shape index (κ3) is 2.14. The first-order valence-corrected chi connectivity index (χ1v) is 6.30. The second-order valence-electron chi connectivity index (χ2n) is 4.65. The molecular weight excluding hydrogens is 252 g/mol. The molecule has 0 saturated carbocycles. The van der Waals surface area contributed by atoms with Crippen molar-refractivity contribution in [1.82, 2.24) is 19.6 Å². The highest BCUT2D eigenvalue weighted by Crippen LogP contribution is 2.25. The van der Waals surface area contributed by atoms with Gasteiger partial charge in [-0.05, 0) is 30.7 Å². The largest absolute Gasteiger partial charge is 0.268 e. The highest BCUT2D eigenvalue weighted by atomic mass is 16.1. The first kappa shape index (κ1) is 12.3. The highest BCUT2D eigenvalue weighted by Gasteiger charge is 2.10. The quantitative estimate of drug-likeness (QED) is 0.712. The van der Waals surface area contributed by atoms with Crippen molar-refractivity contribution in [3.05, 3.63) is 64.7 Å². The summed E-state index contributed by atoms with van der Waals surface area (Å²) in [5.74, 6) is 0. The van der Waals surface area contributed by atoms with Crippen LogP contribution in [-0.4, -0.2) is 19.6 Å². The van der Waals surface area contributed by atoms with Crippen molar-refractivity contribution in [2.24, 2.45) is 7.05 Å². The van der Waals surface area contributed by atoms with Gasteiger partial charge in [-0.25, -0.2) is 9.36 Å². The molecule has 0 saturated heterocycles. The zero-order valence-electron chi connectivity index (χ0n) is 11.3. The molecule has 0 spiro atoms. The molecule has 0 unspecified atom stereocenters. The summed E-state index contributed by atoms with van der Waals surface area (Å²) in [5, 5.41) is 8.58. The van der Waals surface area contributed by atoms with Crippen LogP contribution in [0.1, 0.15) is 5.56 Å². The lowest BCUT2D eigenvalue weighted by molar-refractivity contribution is 0.711. The van der Waals surface area contributed by atoms with Crippen LogP contribution in [0.15, 0.2) is 53.6 Å². The van der Waals surface area contributed by atoms with Gasteiger partial charge >= 0.3 is 0 Å². The van der Waals surface area contributed by atoms with Gasteiger partial charge in [-0.2, -0.15) is 10.2 Å². The van der Waals surface area contributed by atoms with Crippen LogP contribution in [0.2, 0.25) is 0 Å². The molecule has 0 aliphatic heterocycles. The molecule has 1 aromatic carbocycles. The van der Waals surface area contributed by atoms with E-state index in [2.05, 4.69) is 16.3 Å². The van der Waals surface area contributed by atoms with Gasteiger partial charge in [0, 0.05) is 31.1 Å². The van der Waals surface area contributed by atoms with Crippen molar-refractivity contribution in [3.63, 3.8) is 0 Å². The number of aromatic nitrogens is 4. The fraction of sp³-hybridized carbons (Fsp3) is 0.133. The van der Waals surface area contributed by atoms with Crippen molar-refractivity contribution in [1.29, 1.82) is 0 Å². The number of hydrogen-bond acceptors (Lipinski definition) is 3. The maximum atomic E-state index is 11.5. The summed E-state index contributed by atoms with van der Waals surface area (Å²) in [4.78, 5) is 11.5. The van der Waals surface area contributed by atoms with Gasteiger partial charge in [0.1, 0.15) is 0 Å². The van der Waals surface area contributed by atoms with Gasteiger partial charge in [-0.15, -0.1) is 0 Å². The number of nitrogens with zero attached hydrogens (tertiary/aromatic N) is 4. The Kier molecular flexibility index (Phi) is 2.95. The third-order valence-electron chi connectivity index (χ3n) is 3.14. The lowest BCUT2D eigenvalue weighted by Crippen LogP contribution is -2.18. The van der Waals surface area contributed by atoms with E-state index in [9.17, 15) is 4.79 Å². The average Bonchev–Trinajstić information content (AvgIpc) is 2.96. The van der Waals surface area contributed by atoms with Gasteiger partial charge < -0.3 is 0 Å². The fourth-order valence-electron chi connectivity index (χ4n) is 2.11. The lowest BCUT2D eigenvalue weighted by Gasteiger charge is -2.10. The van der Waals surface area contributed by atoms with E-state index in [1.54, 1.807) is 24.0 Å². The first-order chi connectivity index (χ1) is 9.65. The molecule has 0 N–H and O–H groups in total. The monoisotopic (exact) mass is 266 g/mol. The van der Waals surface area contributed by atoms with Crippen LogP contribution in [0.4, 0.5) is 0 Å². The van der Waals surface area contributed by atoms with Crippen molar-refractivity contribution in [2.45, 2.75) is 6.92 Å². The second-order valence-corrected chi connectivity index (χ2v) is 4.65.